The molecule has 23 heavy (non-hydrogen) atoms. The van der Waals surface area contributed by atoms with Crippen molar-refractivity contribution in [1.29, 1.82) is 0 Å². The van der Waals surface area contributed by atoms with E-state index in [9.17, 15) is 4.79 Å². The first kappa shape index (κ1) is 17.0. The molecule has 1 atom stereocenters. The van der Waals surface area contributed by atoms with E-state index in [1.54, 1.807) is 4.68 Å². The van der Waals surface area contributed by atoms with Crippen LogP contribution in [-0.4, -0.2) is 33.6 Å². The van der Waals surface area contributed by atoms with Crippen molar-refractivity contribution in [1.82, 2.24) is 15.1 Å². The number of carbonyl (C=O) groups excluding carboxylic acids is 1. The van der Waals surface area contributed by atoms with Crippen LogP contribution in [0.25, 0.3) is 5.69 Å². The number of aliphatic hydroxyl groups excluding tert-OH is 1. The molecule has 6 heteroatoms. The number of rotatable bonds is 6. The van der Waals surface area contributed by atoms with Crippen molar-refractivity contribution in [3.05, 3.63) is 42.1 Å². The molecular weight excluding hydrogens is 292 g/mol. The average molecular weight is 316 g/mol. The van der Waals surface area contributed by atoms with Crippen molar-refractivity contribution in [2.24, 2.45) is 5.92 Å². The molecule has 0 fully saturated rings. The molecule has 6 nitrogen and oxygen atoms in total. The zero-order valence-electron chi connectivity index (χ0n) is 13.8. The third kappa shape index (κ3) is 4.56. The first-order valence-electron chi connectivity index (χ1n) is 7.81. The van der Waals surface area contributed by atoms with Crippen molar-refractivity contribution < 1.29 is 9.90 Å². The van der Waals surface area contributed by atoms with Crippen LogP contribution in [0.15, 0.2) is 36.5 Å². The fourth-order valence-corrected chi connectivity index (χ4v) is 2.32. The SMILES string of the molecule is Cc1cn(-c2ccccc2)nc1NC(=O)NC(CCO)C(C)C. The number of carbonyl (C=O) groups is 1. The molecule has 0 saturated carbocycles. The van der Waals surface area contributed by atoms with E-state index in [1.165, 1.54) is 0 Å². The van der Waals surface area contributed by atoms with Crippen LogP contribution in [0, 0.1) is 12.8 Å². The number of urea groups is 1. The zero-order valence-corrected chi connectivity index (χ0v) is 13.8. The highest BCUT2D eigenvalue weighted by atomic mass is 16.3. The highest BCUT2D eigenvalue weighted by Crippen LogP contribution is 2.15. The van der Waals surface area contributed by atoms with Gasteiger partial charge in [0.05, 0.1) is 5.69 Å². The summed E-state index contributed by atoms with van der Waals surface area (Å²) < 4.78 is 1.73. The first-order chi connectivity index (χ1) is 11.0. The molecule has 0 aliphatic heterocycles. The van der Waals surface area contributed by atoms with Gasteiger partial charge >= 0.3 is 6.03 Å². The van der Waals surface area contributed by atoms with Crippen LogP contribution in [0.4, 0.5) is 10.6 Å². The Morgan fingerprint density at radius 1 is 1.30 bits per heavy atom. The summed E-state index contributed by atoms with van der Waals surface area (Å²) >= 11 is 0. The normalized spacial score (nSPS) is 12.2. The molecule has 3 N–H and O–H groups in total. The van der Waals surface area contributed by atoms with Gasteiger partial charge in [-0.2, -0.15) is 0 Å². The molecule has 0 radical (unpaired) electrons. The number of aromatic nitrogens is 2. The lowest BCUT2D eigenvalue weighted by molar-refractivity contribution is 0.227. The predicted molar refractivity (Wildman–Crippen MR) is 90.8 cm³/mol. The number of benzene rings is 1. The van der Waals surface area contributed by atoms with Crippen LogP contribution in [0.5, 0.6) is 0 Å². The third-order valence-corrected chi connectivity index (χ3v) is 3.71. The molecule has 0 bridgehead atoms. The number of aryl methyl sites for hydroxylation is 1. The van der Waals surface area contributed by atoms with E-state index in [4.69, 9.17) is 5.11 Å². The van der Waals surface area contributed by atoms with Crippen LogP contribution in [0.1, 0.15) is 25.8 Å². The van der Waals surface area contributed by atoms with E-state index in [0.717, 1.165) is 11.3 Å². The molecule has 0 spiro atoms. The van der Waals surface area contributed by atoms with E-state index in [0.29, 0.717) is 12.2 Å². The number of amides is 2. The van der Waals surface area contributed by atoms with Crippen molar-refractivity contribution >= 4 is 11.8 Å². The van der Waals surface area contributed by atoms with Gasteiger partial charge in [-0.25, -0.2) is 9.48 Å². The van der Waals surface area contributed by atoms with Crippen molar-refractivity contribution in [3.8, 4) is 5.69 Å². The maximum absolute atomic E-state index is 12.1. The molecule has 1 unspecified atom stereocenters. The van der Waals surface area contributed by atoms with Gasteiger partial charge < -0.3 is 10.4 Å². The largest absolute Gasteiger partial charge is 0.396 e. The van der Waals surface area contributed by atoms with Gasteiger partial charge in [0.2, 0.25) is 0 Å². The van der Waals surface area contributed by atoms with Crippen molar-refractivity contribution in [3.63, 3.8) is 0 Å². The summed E-state index contributed by atoms with van der Waals surface area (Å²) in [5.41, 5.74) is 1.82. The van der Waals surface area contributed by atoms with Gasteiger partial charge in [0.1, 0.15) is 0 Å². The molecule has 1 aromatic carbocycles. The number of anilines is 1. The number of hydrogen-bond acceptors (Lipinski definition) is 3. The molecule has 124 valence electrons. The number of para-hydroxylation sites is 1. The Bertz CT molecular complexity index is 637. The minimum Gasteiger partial charge on any atom is -0.396 e. The maximum Gasteiger partial charge on any atom is 0.320 e. The van der Waals surface area contributed by atoms with Gasteiger partial charge in [-0.05, 0) is 31.4 Å². The van der Waals surface area contributed by atoms with Gasteiger partial charge in [0.15, 0.2) is 5.82 Å². The molecule has 0 saturated heterocycles. The Kier molecular flexibility index (Phi) is 5.76. The smallest absolute Gasteiger partial charge is 0.320 e. The highest BCUT2D eigenvalue weighted by molar-refractivity contribution is 5.89. The molecule has 0 aliphatic rings. The number of nitrogens with zero attached hydrogens (tertiary/aromatic N) is 2. The lowest BCUT2D eigenvalue weighted by Gasteiger charge is -2.21. The second-order valence-corrected chi connectivity index (χ2v) is 5.90. The highest BCUT2D eigenvalue weighted by Gasteiger charge is 2.17. The van der Waals surface area contributed by atoms with Crippen LogP contribution < -0.4 is 10.6 Å². The topological polar surface area (TPSA) is 79.2 Å². The van der Waals surface area contributed by atoms with Gasteiger partial charge in [-0.15, -0.1) is 5.10 Å². The average Bonchev–Trinajstić information content (AvgIpc) is 2.88. The molecule has 1 aromatic heterocycles. The molecule has 2 amide bonds. The Labute approximate surface area is 136 Å². The number of nitrogens with one attached hydrogen (secondary N) is 2. The van der Waals surface area contributed by atoms with E-state index in [1.807, 2.05) is 57.3 Å². The van der Waals surface area contributed by atoms with Crippen molar-refractivity contribution in [2.75, 3.05) is 11.9 Å². The fourth-order valence-electron chi connectivity index (χ4n) is 2.32. The third-order valence-electron chi connectivity index (χ3n) is 3.71. The first-order valence-corrected chi connectivity index (χ1v) is 7.81. The Morgan fingerprint density at radius 3 is 2.61 bits per heavy atom. The Balaban J connectivity index is 2.05. The standard InChI is InChI=1S/C17H24N4O2/c1-12(2)15(9-10-22)18-17(23)19-16-13(3)11-21(20-16)14-7-5-4-6-8-14/h4-8,11-12,15,22H,9-10H2,1-3H3,(H2,18,19,20,23). The number of aliphatic hydroxyl groups is 1. The van der Waals surface area contributed by atoms with Crippen LogP contribution in [0.3, 0.4) is 0 Å². The van der Waals surface area contributed by atoms with Gasteiger partial charge in [0, 0.05) is 24.4 Å². The Hall–Kier alpha value is -2.34. The molecular formula is C17H24N4O2. The van der Waals surface area contributed by atoms with E-state index < -0.39 is 0 Å². The van der Waals surface area contributed by atoms with E-state index in [2.05, 4.69) is 15.7 Å². The fraction of sp³-hybridized carbons (Fsp3) is 0.412. The molecule has 1 heterocycles. The zero-order chi connectivity index (χ0) is 16.8. The predicted octanol–water partition coefficient (Wildman–Crippen LogP) is 2.71. The van der Waals surface area contributed by atoms with Crippen LogP contribution in [0.2, 0.25) is 0 Å². The second kappa shape index (κ2) is 7.78. The van der Waals surface area contributed by atoms with Gasteiger partial charge in [-0.1, -0.05) is 32.0 Å². The minimum absolute atomic E-state index is 0.0464. The van der Waals surface area contributed by atoms with Gasteiger partial charge in [0.25, 0.3) is 0 Å². The lowest BCUT2D eigenvalue weighted by Crippen LogP contribution is -2.41. The summed E-state index contributed by atoms with van der Waals surface area (Å²) in [6.45, 7) is 5.96. The Morgan fingerprint density at radius 2 is 2.00 bits per heavy atom. The summed E-state index contributed by atoms with van der Waals surface area (Å²) in [5, 5.41) is 19.2. The van der Waals surface area contributed by atoms with E-state index in [-0.39, 0.29) is 24.6 Å². The summed E-state index contributed by atoms with van der Waals surface area (Å²) in [6, 6.07) is 9.34. The second-order valence-electron chi connectivity index (χ2n) is 5.90. The van der Waals surface area contributed by atoms with E-state index >= 15 is 0 Å². The van der Waals surface area contributed by atoms with Gasteiger partial charge in [-0.3, -0.25) is 5.32 Å². The van der Waals surface area contributed by atoms with Crippen LogP contribution >= 0.6 is 0 Å². The molecule has 2 rings (SSSR count). The molecule has 2 aromatic rings. The maximum atomic E-state index is 12.1. The summed E-state index contributed by atoms with van der Waals surface area (Å²) in [5.74, 6) is 0.772. The van der Waals surface area contributed by atoms with Crippen LogP contribution in [-0.2, 0) is 0 Å². The summed E-state index contributed by atoms with van der Waals surface area (Å²) in [6.07, 6.45) is 2.40. The lowest BCUT2D eigenvalue weighted by atomic mass is 10.0. The minimum atomic E-state index is -0.307. The quantitative estimate of drug-likeness (QED) is 0.766. The van der Waals surface area contributed by atoms with Crippen molar-refractivity contribution in [2.45, 2.75) is 33.2 Å². The summed E-state index contributed by atoms with van der Waals surface area (Å²) in [7, 11) is 0. The molecule has 0 aliphatic carbocycles. The summed E-state index contributed by atoms with van der Waals surface area (Å²) in [4.78, 5) is 12.1. The number of hydrogen-bond donors (Lipinski definition) is 3. The monoisotopic (exact) mass is 316 g/mol.